The van der Waals surface area contributed by atoms with Gasteiger partial charge >= 0.3 is 6.18 Å². The van der Waals surface area contributed by atoms with Crippen molar-refractivity contribution in [1.29, 1.82) is 0 Å². The molecule has 0 radical (unpaired) electrons. The van der Waals surface area contributed by atoms with E-state index in [1.54, 1.807) is 6.92 Å². The van der Waals surface area contributed by atoms with Gasteiger partial charge in [-0.3, -0.25) is 4.79 Å². The first-order chi connectivity index (χ1) is 14.0. The summed E-state index contributed by atoms with van der Waals surface area (Å²) in [7, 11) is 0. The molecular weight excluding hydrogens is 405 g/mol. The van der Waals surface area contributed by atoms with E-state index in [0.29, 0.717) is 32.3 Å². The van der Waals surface area contributed by atoms with Crippen molar-refractivity contribution in [2.45, 2.75) is 50.2 Å². The number of nitrogens with zero attached hydrogens (tertiary/aromatic N) is 3. The topological polar surface area (TPSA) is 112 Å². The highest BCUT2D eigenvalue weighted by atomic mass is 19.4. The van der Waals surface area contributed by atoms with Gasteiger partial charge in [0, 0.05) is 19.0 Å². The minimum atomic E-state index is -4.52. The number of nitrogens with two attached hydrogens (primary N) is 1. The van der Waals surface area contributed by atoms with Crippen LogP contribution in [0.2, 0.25) is 0 Å². The monoisotopic (exact) mass is 426 g/mol. The summed E-state index contributed by atoms with van der Waals surface area (Å²) in [6, 6.07) is 2.03. The molecule has 1 spiro atoms. The number of hydrogen-bond donors (Lipinski definition) is 2. The summed E-state index contributed by atoms with van der Waals surface area (Å²) in [6.45, 7) is 2.52. The molecule has 2 fully saturated rings. The van der Waals surface area contributed by atoms with Gasteiger partial charge < -0.3 is 20.3 Å². The number of pyridine rings is 1. The first-order valence-corrected chi connectivity index (χ1v) is 9.49. The second-order valence-electron chi connectivity index (χ2n) is 7.63. The smallest absolute Gasteiger partial charge is 0.383 e. The molecule has 1 saturated carbocycles. The van der Waals surface area contributed by atoms with E-state index in [1.165, 1.54) is 4.68 Å². The third-order valence-corrected chi connectivity index (χ3v) is 5.75. The zero-order valence-electron chi connectivity index (χ0n) is 16.2. The van der Waals surface area contributed by atoms with E-state index in [4.69, 9.17) is 15.2 Å². The van der Waals surface area contributed by atoms with Crippen LogP contribution in [-0.2, 0) is 21.3 Å². The number of carbonyl (C=O) groups is 1. The van der Waals surface area contributed by atoms with Crippen LogP contribution >= 0.6 is 0 Å². The number of primary amides is 1. The van der Waals surface area contributed by atoms with Gasteiger partial charge in [-0.15, -0.1) is 0 Å². The van der Waals surface area contributed by atoms with Crippen molar-refractivity contribution >= 4 is 5.91 Å². The lowest BCUT2D eigenvalue weighted by Crippen LogP contribution is -2.43. The van der Waals surface area contributed by atoms with E-state index >= 15 is 0 Å². The van der Waals surface area contributed by atoms with Gasteiger partial charge in [0.2, 0.25) is 0 Å². The Morgan fingerprint density at radius 2 is 1.83 bits per heavy atom. The minimum Gasteiger partial charge on any atom is -0.383 e. The molecule has 3 N–H and O–H groups in total. The average molecular weight is 426 g/mol. The van der Waals surface area contributed by atoms with Gasteiger partial charge in [-0.25, -0.2) is 9.67 Å². The summed E-state index contributed by atoms with van der Waals surface area (Å²) in [5.41, 5.74) is 3.59. The molecule has 8 nitrogen and oxygen atoms in total. The highest BCUT2D eigenvalue weighted by molar-refractivity contribution is 5.95. The molecule has 0 aromatic carbocycles. The number of halogens is 3. The van der Waals surface area contributed by atoms with Gasteiger partial charge in [-0.1, -0.05) is 0 Å². The van der Waals surface area contributed by atoms with Gasteiger partial charge in [0.1, 0.15) is 11.3 Å². The lowest BCUT2D eigenvalue weighted by molar-refractivity contribution is -0.204. The molecule has 2 aromatic heterocycles. The molecule has 0 unspecified atom stereocenters. The molecule has 162 valence electrons. The molecule has 1 saturated heterocycles. The molecule has 30 heavy (non-hydrogen) atoms. The largest absolute Gasteiger partial charge is 0.417 e. The first kappa shape index (κ1) is 20.8. The standard InChI is InChI=1S/C19H21F3N4O4/c1-11-14(16(23)27)15(17(28)4-6-18(7-5-17)29-8-9-30-18)25-26(11)13-3-2-12(10-24-13)19(20,21)22/h2-3,10,28H,4-9H2,1H3,(H2,23,27). The van der Waals surface area contributed by atoms with Crippen LogP contribution < -0.4 is 5.73 Å². The summed E-state index contributed by atoms with van der Waals surface area (Å²) in [4.78, 5) is 16.0. The summed E-state index contributed by atoms with van der Waals surface area (Å²) in [6.07, 6.45) is -2.56. The molecule has 4 rings (SSSR count). The minimum absolute atomic E-state index is 0.0309. The Labute approximate surface area is 169 Å². The van der Waals surface area contributed by atoms with E-state index < -0.39 is 29.0 Å². The van der Waals surface area contributed by atoms with Gasteiger partial charge in [0.25, 0.3) is 5.91 Å². The van der Waals surface area contributed by atoms with Crippen LogP contribution in [0.3, 0.4) is 0 Å². The number of hydrogen-bond acceptors (Lipinski definition) is 6. The van der Waals surface area contributed by atoms with E-state index in [0.717, 1.165) is 12.1 Å². The predicted octanol–water partition coefficient (Wildman–Crippen LogP) is 2.20. The molecule has 2 aromatic rings. The Bertz CT molecular complexity index is 955. The fourth-order valence-corrected chi connectivity index (χ4v) is 4.09. The Morgan fingerprint density at radius 1 is 1.20 bits per heavy atom. The zero-order valence-corrected chi connectivity index (χ0v) is 16.2. The van der Waals surface area contributed by atoms with E-state index in [-0.39, 0.29) is 35.6 Å². The number of ether oxygens (including phenoxy) is 2. The number of aliphatic hydroxyl groups is 1. The normalized spacial score (nSPS) is 20.6. The van der Waals surface area contributed by atoms with Crippen molar-refractivity contribution < 1.29 is 32.5 Å². The SMILES string of the molecule is Cc1c(C(N)=O)c(C2(O)CCC3(CC2)OCCO3)nn1-c1ccc(C(F)(F)F)cn1. The van der Waals surface area contributed by atoms with Gasteiger partial charge in [0.15, 0.2) is 11.6 Å². The molecule has 1 aliphatic heterocycles. The van der Waals surface area contributed by atoms with E-state index in [2.05, 4.69) is 10.1 Å². The maximum atomic E-state index is 12.8. The maximum absolute atomic E-state index is 12.8. The van der Waals surface area contributed by atoms with Crippen molar-refractivity contribution in [2.75, 3.05) is 13.2 Å². The summed E-state index contributed by atoms with van der Waals surface area (Å²) < 4.78 is 51.0. The summed E-state index contributed by atoms with van der Waals surface area (Å²) >= 11 is 0. The number of rotatable bonds is 3. The van der Waals surface area contributed by atoms with E-state index in [1.807, 2.05) is 0 Å². The van der Waals surface area contributed by atoms with Gasteiger partial charge in [-0.2, -0.15) is 18.3 Å². The highest BCUT2D eigenvalue weighted by Gasteiger charge is 2.49. The Morgan fingerprint density at radius 3 is 2.33 bits per heavy atom. The van der Waals surface area contributed by atoms with Crippen molar-refractivity contribution in [3.63, 3.8) is 0 Å². The lowest BCUT2D eigenvalue weighted by Gasteiger charge is -2.39. The number of amides is 1. The molecule has 0 bridgehead atoms. The third kappa shape index (κ3) is 3.46. The number of aromatic nitrogens is 3. The number of carbonyl (C=O) groups excluding carboxylic acids is 1. The van der Waals surface area contributed by atoms with Crippen LogP contribution in [0.15, 0.2) is 18.3 Å². The van der Waals surface area contributed by atoms with E-state index in [9.17, 15) is 23.1 Å². The van der Waals surface area contributed by atoms with Crippen LogP contribution in [0.5, 0.6) is 0 Å². The molecule has 0 atom stereocenters. The molecule has 11 heteroatoms. The first-order valence-electron chi connectivity index (χ1n) is 9.49. The molecule has 2 aliphatic rings. The maximum Gasteiger partial charge on any atom is 0.417 e. The molecule has 3 heterocycles. The lowest BCUT2D eigenvalue weighted by atomic mass is 9.78. The van der Waals surface area contributed by atoms with Crippen molar-refractivity contribution in [2.24, 2.45) is 5.73 Å². The van der Waals surface area contributed by atoms with Crippen molar-refractivity contribution in [1.82, 2.24) is 14.8 Å². The van der Waals surface area contributed by atoms with Crippen LogP contribution in [0.25, 0.3) is 5.82 Å². The van der Waals surface area contributed by atoms with Crippen LogP contribution in [0.4, 0.5) is 13.2 Å². The third-order valence-electron chi connectivity index (χ3n) is 5.75. The second-order valence-corrected chi connectivity index (χ2v) is 7.63. The second kappa shape index (κ2) is 7.03. The molecule has 1 amide bonds. The predicted molar refractivity (Wildman–Crippen MR) is 96.6 cm³/mol. The van der Waals surface area contributed by atoms with Crippen LogP contribution in [0.1, 0.15) is 53.0 Å². The zero-order chi connectivity index (χ0) is 21.7. The van der Waals surface area contributed by atoms with Gasteiger partial charge in [0.05, 0.1) is 30.0 Å². The quantitative estimate of drug-likeness (QED) is 0.778. The Kier molecular flexibility index (Phi) is 4.87. The fraction of sp³-hybridized carbons (Fsp3) is 0.526. The van der Waals surface area contributed by atoms with Crippen molar-refractivity contribution in [3.8, 4) is 5.82 Å². The van der Waals surface area contributed by atoms with Crippen LogP contribution in [0, 0.1) is 6.92 Å². The van der Waals surface area contributed by atoms with Crippen LogP contribution in [-0.4, -0.2) is 44.8 Å². The van der Waals surface area contributed by atoms with Crippen molar-refractivity contribution in [3.05, 3.63) is 40.8 Å². The fourth-order valence-electron chi connectivity index (χ4n) is 4.09. The average Bonchev–Trinajstić information content (AvgIpc) is 3.29. The Hall–Kier alpha value is -2.50. The molecule has 1 aliphatic carbocycles. The summed E-state index contributed by atoms with van der Waals surface area (Å²) in [5, 5.41) is 15.6. The molecular formula is C19H21F3N4O4. The number of alkyl halides is 3. The Balaban J connectivity index is 1.70. The highest BCUT2D eigenvalue weighted by Crippen LogP contribution is 2.45. The van der Waals surface area contributed by atoms with Gasteiger partial charge in [-0.05, 0) is 31.9 Å². The summed E-state index contributed by atoms with van der Waals surface area (Å²) in [5.74, 6) is -1.44.